The first kappa shape index (κ1) is 28.6. The van der Waals surface area contributed by atoms with Gasteiger partial charge in [-0.15, -0.1) is 0 Å². The fourth-order valence-electron chi connectivity index (χ4n) is 4.40. The van der Waals surface area contributed by atoms with E-state index in [9.17, 15) is 27.9 Å². The number of ether oxygens (including phenoxy) is 2. The first-order valence-electron chi connectivity index (χ1n) is 13.0. The minimum atomic E-state index is -3.43. The van der Waals surface area contributed by atoms with Crippen molar-refractivity contribution in [3.63, 3.8) is 0 Å². The third kappa shape index (κ3) is 6.36. The molecule has 5 rings (SSSR count). The molecule has 3 aromatic heterocycles. The smallest absolute Gasteiger partial charge is 0.394 e. The van der Waals surface area contributed by atoms with Crippen LogP contribution in [0.4, 0.5) is 13.2 Å². The Hall–Kier alpha value is -4.91. The summed E-state index contributed by atoms with van der Waals surface area (Å²) in [4.78, 5) is 36.1. The van der Waals surface area contributed by atoms with Crippen molar-refractivity contribution in [1.29, 1.82) is 0 Å². The van der Waals surface area contributed by atoms with Crippen molar-refractivity contribution in [3.8, 4) is 17.5 Å². The van der Waals surface area contributed by atoms with E-state index in [4.69, 9.17) is 4.74 Å². The molecule has 10 nitrogen and oxygen atoms in total. The Balaban J connectivity index is 1.71. The van der Waals surface area contributed by atoms with Crippen molar-refractivity contribution in [3.05, 3.63) is 111 Å². The number of rotatable bonds is 11. The van der Waals surface area contributed by atoms with Crippen LogP contribution in [0.3, 0.4) is 0 Å². The maximum atomic E-state index is 13.8. The zero-order valence-electron chi connectivity index (χ0n) is 22.4. The number of alkyl halides is 2. The molecule has 0 spiro atoms. The molecule has 13 heteroatoms. The van der Waals surface area contributed by atoms with Gasteiger partial charge in [-0.1, -0.05) is 24.3 Å². The van der Waals surface area contributed by atoms with Crippen molar-refractivity contribution in [1.82, 2.24) is 23.7 Å². The predicted octanol–water partition coefficient (Wildman–Crippen LogP) is 4.16. The third-order valence-corrected chi connectivity index (χ3v) is 6.23. The minimum Gasteiger partial charge on any atom is -0.433 e. The molecule has 0 bridgehead atoms. The second-order valence-electron chi connectivity index (χ2n) is 9.49. The number of aliphatic hydroxyl groups excluding tert-OH is 1. The predicted molar refractivity (Wildman–Crippen MR) is 147 cm³/mol. The van der Waals surface area contributed by atoms with Gasteiger partial charge in [0.1, 0.15) is 17.3 Å². The fraction of sp³-hybridized carbons (Fsp3) is 0.241. The van der Waals surface area contributed by atoms with Crippen LogP contribution in [0, 0.1) is 5.82 Å². The normalized spacial score (nSPS) is 11.6. The van der Waals surface area contributed by atoms with Crippen molar-refractivity contribution in [2.75, 3.05) is 6.61 Å². The number of halogens is 3. The summed E-state index contributed by atoms with van der Waals surface area (Å²) >= 11 is 0. The van der Waals surface area contributed by atoms with Gasteiger partial charge in [0.25, 0.3) is 5.56 Å². The Labute approximate surface area is 236 Å². The topological polar surface area (TPSA) is 113 Å². The lowest BCUT2D eigenvalue weighted by Crippen LogP contribution is -2.41. The number of imidazole rings is 1. The molecule has 0 aliphatic carbocycles. The van der Waals surface area contributed by atoms with Gasteiger partial charge in [-0.3, -0.25) is 23.5 Å². The third-order valence-electron chi connectivity index (χ3n) is 6.23. The lowest BCUT2D eigenvalue weighted by atomic mass is 10.2. The molecule has 2 aromatic carbocycles. The van der Waals surface area contributed by atoms with Gasteiger partial charge in [-0.25, -0.2) is 9.18 Å². The fourth-order valence-corrected chi connectivity index (χ4v) is 4.40. The van der Waals surface area contributed by atoms with E-state index < -0.39 is 23.2 Å². The number of pyridine rings is 1. The standard InChI is InChI=1S/C29H26F3N5O5/c1-29(31,32)42-23-8-4-7-22(16-23)41-27-34-25-24(36(27)17-19-9-11-20(30)12-10-19)26(39)35(14-5-15-38)28(40)37(25)18-21-6-2-3-13-33-21/h2-4,6-13,16,38H,5,14-15,17-18H2,1H3. The van der Waals surface area contributed by atoms with Crippen LogP contribution in [0.15, 0.2) is 82.5 Å². The number of hydrogen-bond donors (Lipinski definition) is 1. The van der Waals surface area contributed by atoms with Gasteiger partial charge in [-0.2, -0.15) is 13.8 Å². The van der Waals surface area contributed by atoms with Crippen LogP contribution in [-0.2, 0) is 19.6 Å². The van der Waals surface area contributed by atoms with Gasteiger partial charge < -0.3 is 14.6 Å². The second kappa shape index (κ2) is 11.9. The lowest BCUT2D eigenvalue weighted by molar-refractivity contribution is -0.159. The van der Waals surface area contributed by atoms with Gasteiger partial charge in [0.2, 0.25) is 0 Å². The van der Waals surface area contributed by atoms with Crippen LogP contribution >= 0.6 is 0 Å². The first-order valence-corrected chi connectivity index (χ1v) is 13.0. The van der Waals surface area contributed by atoms with Gasteiger partial charge in [0.05, 0.1) is 18.8 Å². The maximum Gasteiger partial charge on any atom is 0.394 e. The Kier molecular flexibility index (Phi) is 8.11. The summed E-state index contributed by atoms with van der Waals surface area (Å²) in [7, 11) is 0. The molecule has 42 heavy (non-hydrogen) atoms. The van der Waals surface area contributed by atoms with Crippen LogP contribution in [-0.4, -0.2) is 41.5 Å². The SMILES string of the molecule is CC(F)(F)Oc1cccc(Oc2nc3c(c(=O)n(CCCO)c(=O)n3Cc3ccccn3)n2Cc2ccc(F)cc2)c1. The van der Waals surface area contributed by atoms with Gasteiger partial charge >= 0.3 is 17.8 Å². The van der Waals surface area contributed by atoms with E-state index in [2.05, 4.69) is 14.7 Å². The average Bonchev–Trinajstić information content (AvgIpc) is 3.29. The van der Waals surface area contributed by atoms with Gasteiger partial charge in [0.15, 0.2) is 11.2 Å². The molecule has 0 atom stereocenters. The van der Waals surface area contributed by atoms with Crippen molar-refractivity contribution in [2.24, 2.45) is 0 Å². The molecule has 5 aromatic rings. The molecular weight excluding hydrogens is 555 g/mol. The van der Waals surface area contributed by atoms with Gasteiger partial charge in [-0.05, 0) is 48.4 Å². The molecule has 0 unspecified atom stereocenters. The molecule has 0 amide bonds. The summed E-state index contributed by atoms with van der Waals surface area (Å²) in [6.07, 6.45) is -1.72. The van der Waals surface area contributed by atoms with E-state index in [1.54, 1.807) is 24.4 Å². The van der Waals surface area contributed by atoms with Crippen LogP contribution < -0.4 is 20.7 Å². The number of aliphatic hydroxyl groups is 1. The number of aromatic nitrogens is 5. The first-order chi connectivity index (χ1) is 20.1. The molecule has 0 saturated heterocycles. The highest BCUT2D eigenvalue weighted by Crippen LogP contribution is 2.30. The van der Waals surface area contributed by atoms with Crippen molar-refractivity contribution in [2.45, 2.75) is 39.1 Å². The highest BCUT2D eigenvalue weighted by molar-refractivity contribution is 5.72. The van der Waals surface area contributed by atoms with Crippen LogP contribution in [0.25, 0.3) is 11.2 Å². The maximum absolute atomic E-state index is 13.8. The van der Waals surface area contributed by atoms with E-state index in [0.29, 0.717) is 18.2 Å². The number of fused-ring (bicyclic) bond motifs is 1. The van der Waals surface area contributed by atoms with E-state index in [-0.39, 0.29) is 61.3 Å². The molecule has 0 saturated carbocycles. The monoisotopic (exact) mass is 581 g/mol. The number of hydrogen-bond acceptors (Lipinski definition) is 7. The highest BCUT2D eigenvalue weighted by atomic mass is 19.3. The van der Waals surface area contributed by atoms with Crippen molar-refractivity contribution < 1.29 is 27.8 Å². The summed E-state index contributed by atoms with van der Waals surface area (Å²) < 4.78 is 55.0. The van der Waals surface area contributed by atoms with Crippen molar-refractivity contribution >= 4 is 11.2 Å². The van der Waals surface area contributed by atoms with E-state index >= 15 is 0 Å². The zero-order chi connectivity index (χ0) is 29.9. The molecule has 0 aliphatic rings. The average molecular weight is 582 g/mol. The van der Waals surface area contributed by atoms with Crippen LogP contribution in [0.1, 0.15) is 24.6 Å². The molecule has 218 valence electrons. The number of benzene rings is 2. The summed E-state index contributed by atoms with van der Waals surface area (Å²) in [6, 6.07) is 16.1. The quantitative estimate of drug-likeness (QED) is 0.249. The Bertz CT molecular complexity index is 1810. The Morgan fingerprint density at radius 2 is 1.69 bits per heavy atom. The minimum absolute atomic E-state index is 0.000472. The van der Waals surface area contributed by atoms with Crippen LogP contribution in [0.2, 0.25) is 0 Å². The van der Waals surface area contributed by atoms with E-state index in [0.717, 1.165) is 4.57 Å². The molecule has 0 aliphatic heterocycles. The zero-order valence-corrected chi connectivity index (χ0v) is 22.4. The van der Waals surface area contributed by atoms with E-state index in [1.165, 1.54) is 57.7 Å². The molecule has 0 radical (unpaired) electrons. The lowest BCUT2D eigenvalue weighted by Gasteiger charge is -2.14. The largest absolute Gasteiger partial charge is 0.433 e. The van der Waals surface area contributed by atoms with Gasteiger partial charge in [0, 0.05) is 32.3 Å². The summed E-state index contributed by atoms with van der Waals surface area (Å²) in [6.45, 7) is 0.257. The summed E-state index contributed by atoms with van der Waals surface area (Å²) in [5.74, 6) is -0.544. The molecular formula is C29H26F3N5O5. The summed E-state index contributed by atoms with van der Waals surface area (Å²) in [5.41, 5.74) is -0.213. The molecule has 0 fully saturated rings. The van der Waals surface area contributed by atoms with Crippen LogP contribution in [0.5, 0.6) is 17.5 Å². The Morgan fingerprint density at radius 1 is 0.929 bits per heavy atom. The highest BCUT2D eigenvalue weighted by Gasteiger charge is 2.25. The Morgan fingerprint density at radius 3 is 2.38 bits per heavy atom. The second-order valence-corrected chi connectivity index (χ2v) is 9.49. The summed E-state index contributed by atoms with van der Waals surface area (Å²) in [5, 5.41) is 9.40. The van der Waals surface area contributed by atoms with E-state index in [1.807, 2.05) is 0 Å². The molecule has 3 heterocycles. The number of nitrogens with zero attached hydrogens (tertiary/aromatic N) is 5. The molecule has 1 N–H and O–H groups in total.